The number of rotatable bonds is 4. The molecule has 0 saturated carbocycles. The molecule has 2 aromatic heterocycles. The van der Waals surface area contributed by atoms with Crippen LogP contribution >= 0.6 is 11.6 Å². The summed E-state index contributed by atoms with van der Waals surface area (Å²) in [6, 6.07) is -0.342. The molecule has 1 aliphatic carbocycles. The van der Waals surface area contributed by atoms with Crippen LogP contribution in [-0.2, 0) is 9.53 Å². The van der Waals surface area contributed by atoms with Gasteiger partial charge in [0.15, 0.2) is 11.6 Å². The van der Waals surface area contributed by atoms with E-state index in [1.165, 1.54) is 23.0 Å². The Morgan fingerprint density at radius 3 is 2.30 bits per heavy atom. The van der Waals surface area contributed by atoms with E-state index in [0.29, 0.717) is 22.1 Å². The van der Waals surface area contributed by atoms with Crippen LogP contribution in [0.25, 0.3) is 11.8 Å². The number of fused-ring (bicyclic) bond motifs is 1. The molecule has 0 radical (unpaired) electrons. The van der Waals surface area contributed by atoms with Crippen LogP contribution in [0.5, 0.6) is 0 Å². The van der Waals surface area contributed by atoms with Crippen LogP contribution in [0.1, 0.15) is 84.2 Å². The standard InChI is InChI=1S/C33H39ClFN7O5/c1-17(2)25-28(26(18(3)4)37-16-36-25)41-30-20(14-21(34)27(42(30)46)24-22(35)10-9-11-23(24)43)29(38-31(41)44)40-13-12-39(15-19(40)5)32(45)47-33(6,7)8/h9-11,14,16-19,46H,12-13,15H2,1-8H3/b27-24-/t19-/m0/s1. The topological polar surface area (TPSA) is 134 Å². The lowest BCUT2D eigenvalue weighted by atomic mass is 9.98. The maximum Gasteiger partial charge on any atom is 0.410 e. The normalized spacial score (nSPS) is 20.1. The zero-order valence-electron chi connectivity index (χ0n) is 27.7. The van der Waals surface area contributed by atoms with Gasteiger partial charge >= 0.3 is 11.8 Å². The van der Waals surface area contributed by atoms with Crippen molar-refractivity contribution >= 4 is 41.2 Å². The number of ketones is 1. The number of nitrogens with zero attached hydrogens (tertiary/aromatic N) is 7. The molecular weight excluding hydrogens is 629 g/mol. The molecule has 2 aromatic rings. The molecule has 12 nitrogen and oxygen atoms in total. The van der Waals surface area contributed by atoms with Crippen molar-refractivity contribution in [1.29, 1.82) is 0 Å². The summed E-state index contributed by atoms with van der Waals surface area (Å²) in [5, 5.41) is 12.4. The first-order valence-electron chi connectivity index (χ1n) is 15.5. The van der Waals surface area contributed by atoms with E-state index in [0.717, 1.165) is 12.2 Å². The highest BCUT2D eigenvalue weighted by atomic mass is 35.5. The average molecular weight is 668 g/mol. The van der Waals surface area contributed by atoms with E-state index in [1.54, 1.807) is 25.7 Å². The quantitative estimate of drug-likeness (QED) is 0.402. The third kappa shape index (κ3) is 6.33. The lowest BCUT2D eigenvalue weighted by Crippen LogP contribution is -2.55. The fourth-order valence-corrected chi connectivity index (χ4v) is 6.16. The van der Waals surface area contributed by atoms with Gasteiger partial charge in [-0.3, -0.25) is 10.0 Å². The minimum atomic E-state index is -0.898. The Bertz CT molecular complexity index is 1800. The number of carbonyl (C=O) groups is 2. The van der Waals surface area contributed by atoms with E-state index in [4.69, 9.17) is 16.3 Å². The summed E-state index contributed by atoms with van der Waals surface area (Å²) in [6.45, 7) is 15.7. The minimum absolute atomic E-state index is 0.109. The van der Waals surface area contributed by atoms with E-state index in [9.17, 15) is 19.6 Å². The molecule has 3 aliphatic rings. The van der Waals surface area contributed by atoms with Crippen LogP contribution in [0, 0.1) is 0 Å². The number of hydroxylamine groups is 1. The summed E-state index contributed by atoms with van der Waals surface area (Å²) in [6.07, 6.45) is 5.95. The number of hydrogen-bond acceptors (Lipinski definition) is 10. The highest BCUT2D eigenvalue weighted by Gasteiger charge is 2.39. The predicted molar refractivity (Wildman–Crippen MR) is 177 cm³/mol. The van der Waals surface area contributed by atoms with Crippen molar-refractivity contribution in [3.05, 3.63) is 74.1 Å². The molecule has 0 aromatic carbocycles. The summed E-state index contributed by atoms with van der Waals surface area (Å²) in [7, 11) is 0. The first-order valence-corrected chi connectivity index (χ1v) is 15.9. The van der Waals surface area contributed by atoms with Gasteiger partial charge < -0.3 is 14.5 Å². The monoisotopic (exact) mass is 667 g/mol. The van der Waals surface area contributed by atoms with Crippen LogP contribution in [-0.4, -0.2) is 72.8 Å². The summed E-state index contributed by atoms with van der Waals surface area (Å²) in [4.78, 5) is 57.0. The molecule has 1 saturated heterocycles. The summed E-state index contributed by atoms with van der Waals surface area (Å²) in [5.74, 6) is -1.87. The third-order valence-corrected chi connectivity index (χ3v) is 8.24. The van der Waals surface area contributed by atoms with Crippen LogP contribution < -0.4 is 15.7 Å². The second-order valence-electron chi connectivity index (χ2n) is 13.3. The molecule has 0 spiro atoms. The van der Waals surface area contributed by atoms with Gasteiger partial charge in [-0.1, -0.05) is 45.4 Å². The smallest absolute Gasteiger partial charge is 0.410 e. The van der Waals surface area contributed by atoms with Crippen molar-refractivity contribution in [2.24, 2.45) is 0 Å². The van der Waals surface area contributed by atoms with Crippen molar-refractivity contribution in [2.45, 2.75) is 78.9 Å². The van der Waals surface area contributed by atoms with Crippen molar-refractivity contribution in [1.82, 2.24) is 24.4 Å². The summed E-state index contributed by atoms with van der Waals surface area (Å²) < 4.78 is 22.0. The van der Waals surface area contributed by atoms with Gasteiger partial charge in [-0.2, -0.15) is 4.98 Å². The first-order chi connectivity index (χ1) is 22.0. The molecule has 0 bridgehead atoms. The molecule has 4 heterocycles. The Morgan fingerprint density at radius 1 is 1.11 bits per heavy atom. The Kier molecular flexibility index (Phi) is 9.17. The summed E-state index contributed by atoms with van der Waals surface area (Å²) >= 11 is 6.75. The maximum absolute atomic E-state index is 15.2. The van der Waals surface area contributed by atoms with E-state index < -0.39 is 34.6 Å². The lowest BCUT2D eigenvalue weighted by molar-refractivity contribution is -0.111. The molecular formula is C33H39ClFN7O5. The van der Waals surface area contributed by atoms with Gasteiger partial charge in [-0.25, -0.2) is 33.6 Å². The Hall–Kier alpha value is -4.36. The highest BCUT2D eigenvalue weighted by molar-refractivity contribution is 6.35. The number of anilines is 2. The van der Waals surface area contributed by atoms with Gasteiger partial charge in [0.05, 0.1) is 33.2 Å². The number of piperazine rings is 1. The zero-order chi connectivity index (χ0) is 34.5. The van der Waals surface area contributed by atoms with Crippen molar-refractivity contribution in [3.63, 3.8) is 0 Å². The number of allylic oxidation sites excluding steroid dienone is 6. The van der Waals surface area contributed by atoms with Crippen molar-refractivity contribution in [2.75, 3.05) is 29.6 Å². The van der Waals surface area contributed by atoms with Gasteiger partial charge in [-0.15, -0.1) is 0 Å². The molecule has 47 heavy (non-hydrogen) atoms. The van der Waals surface area contributed by atoms with Crippen molar-refractivity contribution in [3.8, 4) is 5.69 Å². The number of amides is 1. The minimum Gasteiger partial charge on any atom is -0.444 e. The largest absolute Gasteiger partial charge is 0.444 e. The number of halogens is 2. The molecule has 5 rings (SSSR count). The van der Waals surface area contributed by atoms with Gasteiger partial charge in [-0.05, 0) is 57.8 Å². The van der Waals surface area contributed by atoms with E-state index in [1.807, 2.05) is 39.5 Å². The second kappa shape index (κ2) is 12.7. The second-order valence-corrected chi connectivity index (χ2v) is 13.7. The fourth-order valence-electron chi connectivity index (χ4n) is 5.88. The van der Waals surface area contributed by atoms with E-state index in [2.05, 4.69) is 15.0 Å². The number of ether oxygens (including phenoxy) is 1. The predicted octanol–water partition coefficient (Wildman–Crippen LogP) is 5.75. The average Bonchev–Trinajstić information content (AvgIpc) is 2.97. The van der Waals surface area contributed by atoms with E-state index >= 15 is 4.39 Å². The first kappa shape index (κ1) is 34.0. The molecule has 1 N–H and O–H groups in total. The summed E-state index contributed by atoms with van der Waals surface area (Å²) in [5.41, 5.74) is -0.617. The van der Waals surface area contributed by atoms with Crippen molar-refractivity contribution < 1.29 is 23.9 Å². The molecule has 2 aliphatic heterocycles. The lowest BCUT2D eigenvalue weighted by Gasteiger charge is -2.42. The number of aromatic nitrogens is 4. The fraction of sp³-hybridized carbons (Fsp3) is 0.455. The Morgan fingerprint density at radius 2 is 1.74 bits per heavy atom. The third-order valence-electron chi connectivity index (χ3n) is 7.96. The van der Waals surface area contributed by atoms with Gasteiger partial charge in [0.1, 0.15) is 29.3 Å². The van der Waals surface area contributed by atoms with Crippen LogP contribution in [0.2, 0.25) is 0 Å². The van der Waals surface area contributed by atoms with E-state index in [-0.39, 0.29) is 65.4 Å². The SMILES string of the molecule is CC(C)c1ncnc(C(C)C)c1-n1c2c(c(N3CCN(C(=O)OC(C)(C)C)C[C@@H]3C)nc1=O)C=C(Cl)/C(=C1/C(=O)C=CC=C1F)N2O. The maximum atomic E-state index is 15.2. The van der Waals surface area contributed by atoms with Crippen LogP contribution in [0.3, 0.4) is 0 Å². The van der Waals surface area contributed by atoms with Gasteiger partial charge in [0.25, 0.3) is 0 Å². The molecule has 0 unspecified atom stereocenters. The molecule has 1 fully saturated rings. The highest BCUT2D eigenvalue weighted by Crippen LogP contribution is 2.44. The van der Waals surface area contributed by atoms with Crippen LogP contribution in [0.4, 0.5) is 20.8 Å². The molecule has 250 valence electrons. The molecule has 14 heteroatoms. The molecule has 1 amide bonds. The van der Waals surface area contributed by atoms with Crippen LogP contribution in [0.15, 0.2) is 51.5 Å². The van der Waals surface area contributed by atoms with Gasteiger partial charge in [0.2, 0.25) is 0 Å². The zero-order valence-corrected chi connectivity index (χ0v) is 28.5. The number of hydrogen-bond donors (Lipinski definition) is 1. The Balaban J connectivity index is 1.77. The number of carbonyl (C=O) groups excluding carboxylic acids is 2. The Labute approximate surface area is 277 Å². The molecule has 1 atom stereocenters. The van der Waals surface area contributed by atoms with Gasteiger partial charge in [0, 0.05) is 25.7 Å².